The fraction of sp³-hybridized carbons (Fsp3) is 0.500. The molecule has 0 spiro atoms. The molecule has 2 aromatic rings. The molecule has 2 rings (SSSR count). The lowest BCUT2D eigenvalue weighted by Gasteiger charge is -2.21. The summed E-state index contributed by atoms with van der Waals surface area (Å²) >= 11 is 0. The van der Waals surface area contributed by atoms with Crippen molar-refractivity contribution in [1.29, 1.82) is 0 Å². The van der Waals surface area contributed by atoms with Gasteiger partial charge in [0.15, 0.2) is 0 Å². The molecule has 21 heavy (non-hydrogen) atoms. The largest absolute Gasteiger partial charge is 0.310 e. The number of aromatic nitrogens is 2. The van der Waals surface area contributed by atoms with Crippen molar-refractivity contribution in [2.45, 2.75) is 52.6 Å². The molecule has 1 aromatic heterocycles. The van der Waals surface area contributed by atoms with E-state index in [0.29, 0.717) is 6.04 Å². The van der Waals surface area contributed by atoms with Gasteiger partial charge in [0, 0.05) is 25.0 Å². The molecule has 0 fully saturated rings. The first kappa shape index (κ1) is 15.8. The molecule has 3 nitrogen and oxygen atoms in total. The highest BCUT2D eigenvalue weighted by Gasteiger charge is 2.11. The standard InChI is InChI=1S/C18H27N3/c1-4-15(3)13-17(5-2)19-14-16-9-6-7-10-18(16)21-12-8-11-20-21/h6-12,15,17,19H,4-5,13-14H2,1-3H3. The summed E-state index contributed by atoms with van der Waals surface area (Å²) in [5.74, 6) is 0.781. The van der Waals surface area contributed by atoms with Gasteiger partial charge in [0.2, 0.25) is 0 Å². The van der Waals surface area contributed by atoms with Gasteiger partial charge >= 0.3 is 0 Å². The van der Waals surface area contributed by atoms with Gasteiger partial charge in [-0.05, 0) is 36.5 Å². The van der Waals surface area contributed by atoms with Crippen LogP contribution in [-0.4, -0.2) is 15.8 Å². The lowest BCUT2D eigenvalue weighted by Crippen LogP contribution is -2.30. The lowest BCUT2D eigenvalue weighted by atomic mass is 9.97. The Morgan fingerprint density at radius 3 is 2.62 bits per heavy atom. The van der Waals surface area contributed by atoms with Crippen LogP contribution in [0.3, 0.4) is 0 Å². The Morgan fingerprint density at radius 1 is 1.14 bits per heavy atom. The molecular weight excluding hydrogens is 258 g/mol. The van der Waals surface area contributed by atoms with Crippen molar-refractivity contribution in [1.82, 2.24) is 15.1 Å². The summed E-state index contributed by atoms with van der Waals surface area (Å²) in [5.41, 5.74) is 2.46. The molecular formula is C18H27N3. The molecule has 2 atom stereocenters. The highest BCUT2D eigenvalue weighted by atomic mass is 15.3. The highest BCUT2D eigenvalue weighted by Crippen LogP contribution is 2.16. The quantitative estimate of drug-likeness (QED) is 0.788. The molecule has 0 radical (unpaired) electrons. The summed E-state index contributed by atoms with van der Waals surface area (Å²) in [6, 6.07) is 11.0. The summed E-state index contributed by atoms with van der Waals surface area (Å²) in [7, 11) is 0. The molecule has 0 saturated carbocycles. The zero-order chi connectivity index (χ0) is 15.1. The second kappa shape index (κ2) is 7.99. The molecule has 0 amide bonds. The molecule has 0 aliphatic carbocycles. The van der Waals surface area contributed by atoms with Crippen molar-refractivity contribution in [3.8, 4) is 5.69 Å². The summed E-state index contributed by atoms with van der Waals surface area (Å²) in [4.78, 5) is 0. The number of hydrogen-bond acceptors (Lipinski definition) is 2. The molecule has 1 heterocycles. The Hall–Kier alpha value is -1.61. The highest BCUT2D eigenvalue weighted by molar-refractivity contribution is 5.40. The molecule has 2 unspecified atom stereocenters. The van der Waals surface area contributed by atoms with Gasteiger partial charge in [0.25, 0.3) is 0 Å². The second-order valence-electron chi connectivity index (χ2n) is 5.81. The van der Waals surface area contributed by atoms with Crippen LogP contribution in [0, 0.1) is 5.92 Å². The smallest absolute Gasteiger partial charge is 0.0690 e. The van der Waals surface area contributed by atoms with Crippen molar-refractivity contribution >= 4 is 0 Å². The molecule has 1 N–H and O–H groups in total. The fourth-order valence-electron chi connectivity index (χ4n) is 2.60. The number of rotatable bonds is 8. The van der Waals surface area contributed by atoms with Crippen LogP contribution < -0.4 is 5.32 Å². The fourth-order valence-corrected chi connectivity index (χ4v) is 2.60. The monoisotopic (exact) mass is 285 g/mol. The first-order chi connectivity index (χ1) is 10.2. The molecule has 0 bridgehead atoms. The normalized spacial score (nSPS) is 14.0. The van der Waals surface area contributed by atoms with Crippen LogP contribution in [0.25, 0.3) is 5.69 Å². The maximum atomic E-state index is 4.34. The summed E-state index contributed by atoms with van der Waals surface area (Å²) in [6.07, 6.45) is 7.49. The number of nitrogens with one attached hydrogen (secondary N) is 1. The summed E-state index contributed by atoms with van der Waals surface area (Å²) < 4.78 is 1.94. The number of para-hydroxylation sites is 1. The minimum atomic E-state index is 0.589. The van der Waals surface area contributed by atoms with Gasteiger partial charge < -0.3 is 5.32 Å². The van der Waals surface area contributed by atoms with E-state index in [1.807, 2.05) is 23.1 Å². The first-order valence-electron chi connectivity index (χ1n) is 8.05. The third-order valence-corrected chi connectivity index (χ3v) is 4.20. The van der Waals surface area contributed by atoms with Crippen molar-refractivity contribution in [2.24, 2.45) is 5.92 Å². The zero-order valence-corrected chi connectivity index (χ0v) is 13.4. The number of benzene rings is 1. The van der Waals surface area contributed by atoms with Gasteiger partial charge in [-0.15, -0.1) is 0 Å². The van der Waals surface area contributed by atoms with E-state index in [0.717, 1.165) is 18.2 Å². The van der Waals surface area contributed by atoms with Crippen LogP contribution in [0.5, 0.6) is 0 Å². The van der Waals surface area contributed by atoms with Crippen molar-refractivity contribution in [3.05, 3.63) is 48.3 Å². The van der Waals surface area contributed by atoms with Crippen molar-refractivity contribution in [3.63, 3.8) is 0 Å². The summed E-state index contributed by atoms with van der Waals surface area (Å²) in [6.45, 7) is 7.76. The van der Waals surface area contributed by atoms with Gasteiger partial charge in [0.1, 0.15) is 0 Å². The average Bonchev–Trinajstić information content (AvgIpc) is 3.05. The predicted octanol–water partition coefficient (Wildman–Crippen LogP) is 4.18. The molecule has 0 saturated heterocycles. The van der Waals surface area contributed by atoms with Crippen molar-refractivity contribution in [2.75, 3.05) is 0 Å². The maximum Gasteiger partial charge on any atom is 0.0690 e. The van der Waals surface area contributed by atoms with E-state index in [-0.39, 0.29) is 0 Å². The topological polar surface area (TPSA) is 29.9 Å². The van der Waals surface area contributed by atoms with Crippen molar-refractivity contribution < 1.29 is 0 Å². The van der Waals surface area contributed by atoms with E-state index in [1.54, 1.807) is 0 Å². The van der Waals surface area contributed by atoms with E-state index in [1.165, 1.54) is 24.8 Å². The van der Waals surface area contributed by atoms with E-state index in [2.05, 4.69) is 55.5 Å². The van der Waals surface area contributed by atoms with Gasteiger partial charge in [-0.3, -0.25) is 0 Å². The Balaban J connectivity index is 2.03. The number of hydrogen-bond donors (Lipinski definition) is 1. The van der Waals surface area contributed by atoms with Gasteiger partial charge in [-0.25, -0.2) is 4.68 Å². The Bertz CT molecular complexity index is 519. The van der Waals surface area contributed by atoms with Gasteiger partial charge in [0.05, 0.1) is 5.69 Å². The third-order valence-electron chi connectivity index (χ3n) is 4.20. The Morgan fingerprint density at radius 2 is 1.95 bits per heavy atom. The van der Waals surface area contributed by atoms with E-state index in [9.17, 15) is 0 Å². The molecule has 0 aliphatic heterocycles. The van der Waals surface area contributed by atoms with Crippen LogP contribution in [0.15, 0.2) is 42.7 Å². The van der Waals surface area contributed by atoms with Gasteiger partial charge in [-0.1, -0.05) is 45.4 Å². The van der Waals surface area contributed by atoms with Crippen LogP contribution in [0.4, 0.5) is 0 Å². The predicted molar refractivity (Wildman–Crippen MR) is 88.6 cm³/mol. The Kier molecular flexibility index (Phi) is 6.00. The minimum absolute atomic E-state index is 0.589. The second-order valence-corrected chi connectivity index (χ2v) is 5.81. The van der Waals surface area contributed by atoms with E-state index in [4.69, 9.17) is 0 Å². The molecule has 0 aliphatic rings. The van der Waals surface area contributed by atoms with Crippen LogP contribution in [0.1, 0.15) is 45.6 Å². The zero-order valence-electron chi connectivity index (χ0n) is 13.4. The Labute approximate surface area is 128 Å². The first-order valence-corrected chi connectivity index (χ1v) is 8.05. The number of nitrogens with zero attached hydrogens (tertiary/aromatic N) is 2. The lowest BCUT2D eigenvalue weighted by molar-refractivity contribution is 0.384. The SMILES string of the molecule is CCC(C)CC(CC)NCc1ccccc1-n1cccn1. The molecule has 114 valence electrons. The third kappa shape index (κ3) is 4.43. The van der Waals surface area contributed by atoms with Gasteiger partial charge in [-0.2, -0.15) is 5.10 Å². The minimum Gasteiger partial charge on any atom is -0.310 e. The summed E-state index contributed by atoms with van der Waals surface area (Å²) in [5, 5.41) is 8.06. The molecule has 3 heteroatoms. The average molecular weight is 285 g/mol. The van der Waals surface area contributed by atoms with E-state index < -0.39 is 0 Å². The van der Waals surface area contributed by atoms with Crippen LogP contribution in [0.2, 0.25) is 0 Å². The van der Waals surface area contributed by atoms with Crippen LogP contribution in [-0.2, 0) is 6.54 Å². The maximum absolute atomic E-state index is 4.34. The van der Waals surface area contributed by atoms with E-state index >= 15 is 0 Å². The van der Waals surface area contributed by atoms with Crippen LogP contribution >= 0.6 is 0 Å². The molecule has 1 aromatic carbocycles.